The number of nitrogens with one attached hydrogen (secondary N) is 3. The molecule has 1 aromatic rings. The zero-order chi connectivity index (χ0) is 25.0. The van der Waals surface area contributed by atoms with Crippen LogP contribution in [0.1, 0.15) is 12.0 Å². The van der Waals surface area contributed by atoms with Crippen molar-refractivity contribution in [2.24, 2.45) is 5.73 Å². The Bertz CT molecular complexity index is 811. The van der Waals surface area contributed by atoms with Gasteiger partial charge in [-0.25, -0.2) is 4.79 Å². The van der Waals surface area contributed by atoms with Gasteiger partial charge in [-0.1, -0.05) is 12.1 Å². The van der Waals surface area contributed by atoms with Crippen LogP contribution in [0.4, 0.5) is 0 Å². The average Bonchev–Trinajstić information content (AvgIpc) is 2.79. The van der Waals surface area contributed by atoms with E-state index >= 15 is 0 Å². The molecule has 4 atom stereocenters. The number of thiol groups is 2. The fourth-order valence-corrected chi connectivity index (χ4v) is 3.67. The molecule has 0 bridgehead atoms. The van der Waals surface area contributed by atoms with Gasteiger partial charge >= 0.3 is 5.97 Å². The second-order valence-electron chi connectivity index (χ2n) is 7.15. The van der Waals surface area contributed by atoms with Gasteiger partial charge in [0.1, 0.15) is 23.9 Å². The first-order valence-electron chi connectivity index (χ1n) is 10.0. The van der Waals surface area contributed by atoms with Gasteiger partial charge in [0.05, 0.1) is 6.04 Å². The van der Waals surface area contributed by atoms with Crippen LogP contribution in [0.25, 0.3) is 0 Å². The summed E-state index contributed by atoms with van der Waals surface area (Å²) in [5, 5.41) is 26.0. The normalized spacial score (nSPS) is 14.4. The number of hydrogen-bond donors (Lipinski definition) is 8. The van der Waals surface area contributed by atoms with Crippen LogP contribution in [0.15, 0.2) is 24.3 Å². The highest BCUT2D eigenvalue weighted by atomic mass is 32.2. The van der Waals surface area contributed by atoms with Gasteiger partial charge in [0.2, 0.25) is 17.7 Å². The highest BCUT2D eigenvalue weighted by Crippen LogP contribution is 2.11. The molecule has 33 heavy (non-hydrogen) atoms. The van der Waals surface area contributed by atoms with E-state index in [1.165, 1.54) is 23.9 Å². The molecule has 4 unspecified atom stereocenters. The summed E-state index contributed by atoms with van der Waals surface area (Å²) in [5.74, 6) is -2.66. The van der Waals surface area contributed by atoms with Crippen LogP contribution in [0, 0.1) is 0 Å². The number of aromatic hydroxyl groups is 1. The van der Waals surface area contributed by atoms with Crippen molar-refractivity contribution in [3.63, 3.8) is 0 Å². The number of carboxylic acids is 1. The molecule has 3 amide bonds. The van der Waals surface area contributed by atoms with E-state index in [1.807, 2.05) is 6.26 Å². The van der Waals surface area contributed by atoms with E-state index < -0.39 is 47.9 Å². The molecule has 0 aliphatic rings. The highest BCUT2D eigenvalue weighted by Gasteiger charge is 2.29. The monoisotopic (exact) mass is 518 g/mol. The first kappa shape index (κ1) is 28.9. The van der Waals surface area contributed by atoms with E-state index in [1.54, 1.807) is 12.1 Å². The van der Waals surface area contributed by atoms with Gasteiger partial charge in [-0.2, -0.15) is 37.0 Å². The van der Waals surface area contributed by atoms with Gasteiger partial charge in [0, 0.05) is 11.5 Å². The molecule has 0 aliphatic carbocycles. The zero-order valence-electron chi connectivity index (χ0n) is 18.1. The largest absolute Gasteiger partial charge is 0.508 e. The third kappa shape index (κ3) is 10.2. The SMILES string of the molecule is CSCCC(NC(=O)C(CS)NC(=O)C(CS)NC(=O)C(N)Cc1ccc(O)cc1)C(=O)O. The molecular formula is C20H30N4O6S3. The Morgan fingerprint density at radius 1 is 0.939 bits per heavy atom. The molecule has 0 fully saturated rings. The molecule has 13 heteroatoms. The number of hydrogen-bond acceptors (Lipinski definition) is 9. The third-order valence-corrected chi connectivity index (χ3v) is 5.96. The maximum atomic E-state index is 12.6. The van der Waals surface area contributed by atoms with Crippen LogP contribution in [-0.4, -0.2) is 81.6 Å². The lowest BCUT2D eigenvalue weighted by Crippen LogP contribution is -2.58. The number of phenols is 1. The van der Waals surface area contributed by atoms with Crippen molar-refractivity contribution in [1.29, 1.82) is 0 Å². The molecular weight excluding hydrogens is 488 g/mol. The standard InChI is InChI=1S/C20H30N4O6S3/c1-33-7-6-14(20(29)30)22-18(27)16(10-32)24-19(28)15(9-31)23-17(26)13(21)8-11-2-4-12(25)5-3-11/h2-5,13-16,25,31-32H,6-10,21H2,1H3,(H,22,27)(H,23,26)(H,24,28)(H,29,30). The summed E-state index contributed by atoms with van der Waals surface area (Å²) >= 11 is 9.60. The van der Waals surface area contributed by atoms with Crippen molar-refractivity contribution in [1.82, 2.24) is 16.0 Å². The summed E-state index contributed by atoms with van der Waals surface area (Å²) in [6, 6.07) is 1.97. The number of benzene rings is 1. The summed E-state index contributed by atoms with van der Waals surface area (Å²) in [7, 11) is 0. The van der Waals surface area contributed by atoms with E-state index in [0.29, 0.717) is 5.75 Å². The van der Waals surface area contributed by atoms with Crippen molar-refractivity contribution < 1.29 is 29.4 Å². The minimum absolute atomic E-state index is 0.0596. The van der Waals surface area contributed by atoms with E-state index in [0.717, 1.165) is 5.56 Å². The third-order valence-electron chi connectivity index (χ3n) is 4.59. The Hall–Kier alpha value is -2.09. The molecule has 184 valence electrons. The molecule has 0 aliphatic heterocycles. The van der Waals surface area contributed by atoms with Crippen molar-refractivity contribution in [3.05, 3.63) is 29.8 Å². The second kappa shape index (κ2) is 14.9. The molecule has 0 saturated heterocycles. The van der Waals surface area contributed by atoms with Crippen LogP contribution in [-0.2, 0) is 25.6 Å². The van der Waals surface area contributed by atoms with Gasteiger partial charge in [-0.15, -0.1) is 0 Å². The first-order chi connectivity index (χ1) is 15.6. The van der Waals surface area contributed by atoms with Crippen molar-refractivity contribution in [3.8, 4) is 5.75 Å². The van der Waals surface area contributed by atoms with Gasteiger partial charge < -0.3 is 31.9 Å². The average molecular weight is 519 g/mol. The van der Waals surface area contributed by atoms with E-state index in [-0.39, 0.29) is 30.1 Å². The Morgan fingerprint density at radius 2 is 1.42 bits per heavy atom. The van der Waals surface area contributed by atoms with Crippen molar-refractivity contribution in [2.75, 3.05) is 23.5 Å². The minimum Gasteiger partial charge on any atom is -0.508 e. The number of carbonyl (C=O) groups excluding carboxylic acids is 3. The summed E-state index contributed by atoms with van der Waals surface area (Å²) in [6.45, 7) is 0. The van der Waals surface area contributed by atoms with Gasteiger partial charge in [0.25, 0.3) is 0 Å². The summed E-state index contributed by atoms with van der Waals surface area (Å²) in [4.78, 5) is 48.9. The Kier molecular flexibility index (Phi) is 13.1. The predicted octanol–water partition coefficient (Wildman–Crippen LogP) is -0.586. The number of aliphatic carboxylic acids is 1. The predicted molar refractivity (Wildman–Crippen MR) is 134 cm³/mol. The molecule has 1 rings (SSSR count). The maximum absolute atomic E-state index is 12.6. The Balaban J connectivity index is 2.69. The molecule has 1 aromatic carbocycles. The maximum Gasteiger partial charge on any atom is 0.326 e. The second-order valence-corrected chi connectivity index (χ2v) is 8.86. The fraction of sp³-hybridized carbons (Fsp3) is 0.500. The molecule has 0 spiro atoms. The van der Waals surface area contributed by atoms with E-state index in [2.05, 4.69) is 41.2 Å². The molecule has 10 nitrogen and oxygen atoms in total. The number of thioether (sulfide) groups is 1. The number of rotatable bonds is 14. The van der Waals surface area contributed by atoms with Crippen LogP contribution in [0.2, 0.25) is 0 Å². The lowest BCUT2D eigenvalue weighted by atomic mass is 10.1. The van der Waals surface area contributed by atoms with Crippen LogP contribution < -0.4 is 21.7 Å². The van der Waals surface area contributed by atoms with Crippen molar-refractivity contribution in [2.45, 2.75) is 37.0 Å². The summed E-state index contributed by atoms with van der Waals surface area (Å²) in [6.07, 6.45) is 2.23. The topological polar surface area (TPSA) is 171 Å². The Labute approximate surface area is 207 Å². The number of carboxylic acid groups (broad SMARTS) is 1. The van der Waals surface area contributed by atoms with Gasteiger partial charge in [0.15, 0.2) is 0 Å². The lowest BCUT2D eigenvalue weighted by molar-refractivity contribution is -0.142. The fourth-order valence-electron chi connectivity index (χ4n) is 2.68. The van der Waals surface area contributed by atoms with E-state index in [4.69, 9.17) is 5.73 Å². The summed E-state index contributed by atoms with van der Waals surface area (Å²) in [5.41, 5.74) is 6.65. The number of nitrogens with two attached hydrogens (primary N) is 1. The molecule has 7 N–H and O–H groups in total. The molecule has 0 heterocycles. The van der Waals surface area contributed by atoms with Crippen LogP contribution >= 0.6 is 37.0 Å². The number of carbonyl (C=O) groups is 4. The Morgan fingerprint density at radius 3 is 1.88 bits per heavy atom. The van der Waals surface area contributed by atoms with E-state index in [9.17, 15) is 29.4 Å². The van der Waals surface area contributed by atoms with Gasteiger partial charge in [-0.05, 0) is 42.5 Å². The smallest absolute Gasteiger partial charge is 0.326 e. The van der Waals surface area contributed by atoms with Gasteiger partial charge in [-0.3, -0.25) is 14.4 Å². The number of amides is 3. The summed E-state index contributed by atoms with van der Waals surface area (Å²) < 4.78 is 0. The molecule has 0 aromatic heterocycles. The minimum atomic E-state index is -1.18. The van der Waals surface area contributed by atoms with Crippen molar-refractivity contribution >= 4 is 60.7 Å². The van der Waals surface area contributed by atoms with Crippen LogP contribution in [0.3, 0.4) is 0 Å². The zero-order valence-corrected chi connectivity index (χ0v) is 20.7. The van der Waals surface area contributed by atoms with Crippen LogP contribution in [0.5, 0.6) is 5.75 Å². The number of phenolic OH excluding ortho intramolecular Hbond substituents is 1. The first-order valence-corrected chi connectivity index (χ1v) is 12.7. The quantitative estimate of drug-likeness (QED) is 0.151. The molecule has 0 radical (unpaired) electrons. The lowest BCUT2D eigenvalue weighted by Gasteiger charge is -2.23. The highest BCUT2D eigenvalue weighted by molar-refractivity contribution is 7.98. The molecule has 0 saturated carbocycles.